The molecule has 0 aliphatic rings. The monoisotopic (exact) mass is 220 g/mol. The number of nitrogens with zero attached hydrogens (tertiary/aromatic N) is 1. The third kappa shape index (κ3) is 1.99. The number of carbonyl (C=O) groups is 1. The van der Waals surface area contributed by atoms with E-state index in [9.17, 15) is 4.79 Å². The molecule has 0 radical (unpaired) electrons. The minimum atomic E-state index is -0.0810. The maximum Gasteiger partial charge on any atom is 0.223 e. The predicted molar refractivity (Wildman–Crippen MR) is 63.4 cm³/mol. The molecule has 4 heteroatoms. The first kappa shape index (κ1) is 10.1. The fourth-order valence-electron chi connectivity index (χ4n) is 1.38. The Hall–Kier alpha value is -1.42. The molecule has 15 heavy (non-hydrogen) atoms. The van der Waals surface area contributed by atoms with E-state index in [0.29, 0.717) is 5.13 Å². The lowest BCUT2D eigenvalue weighted by molar-refractivity contribution is -0.114. The first-order valence-electron chi connectivity index (χ1n) is 4.71. The minimum Gasteiger partial charge on any atom is -0.302 e. The van der Waals surface area contributed by atoms with Crippen molar-refractivity contribution in [3.8, 4) is 0 Å². The smallest absolute Gasteiger partial charge is 0.223 e. The molecule has 0 spiro atoms. The molecule has 0 saturated heterocycles. The van der Waals surface area contributed by atoms with Gasteiger partial charge in [0.2, 0.25) is 5.91 Å². The average Bonchev–Trinajstić information content (AvgIpc) is 2.46. The van der Waals surface area contributed by atoms with E-state index in [0.717, 1.165) is 10.2 Å². The lowest BCUT2D eigenvalue weighted by atomic mass is 10.1. The van der Waals surface area contributed by atoms with Crippen molar-refractivity contribution in [2.45, 2.75) is 20.8 Å². The highest BCUT2D eigenvalue weighted by Crippen LogP contribution is 2.28. The molecule has 0 saturated carbocycles. The number of benzene rings is 1. The van der Waals surface area contributed by atoms with Gasteiger partial charge in [0.1, 0.15) is 0 Å². The van der Waals surface area contributed by atoms with E-state index in [-0.39, 0.29) is 5.91 Å². The Labute approximate surface area is 92.1 Å². The van der Waals surface area contributed by atoms with Crippen LogP contribution in [-0.4, -0.2) is 10.9 Å². The minimum absolute atomic E-state index is 0.0810. The van der Waals surface area contributed by atoms with Crippen LogP contribution in [-0.2, 0) is 4.79 Å². The van der Waals surface area contributed by atoms with Crippen molar-refractivity contribution in [2.24, 2.45) is 0 Å². The fourth-order valence-corrected chi connectivity index (χ4v) is 2.38. The van der Waals surface area contributed by atoms with Gasteiger partial charge in [-0.3, -0.25) is 4.79 Å². The van der Waals surface area contributed by atoms with Crippen LogP contribution in [0.3, 0.4) is 0 Å². The summed E-state index contributed by atoms with van der Waals surface area (Å²) in [4.78, 5) is 15.2. The third-order valence-corrected chi connectivity index (χ3v) is 3.22. The largest absolute Gasteiger partial charge is 0.302 e. The van der Waals surface area contributed by atoms with E-state index < -0.39 is 0 Å². The Morgan fingerprint density at radius 2 is 2.00 bits per heavy atom. The molecule has 1 aromatic heterocycles. The van der Waals surface area contributed by atoms with Gasteiger partial charge in [-0.25, -0.2) is 4.98 Å². The average molecular weight is 220 g/mol. The molecule has 0 atom stereocenters. The topological polar surface area (TPSA) is 42.0 Å². The maximum atomic E-state index is 10.9. The van der Waals surface area contributed by atoms with Crippen molar-refractivity contribution < 1.29 is 4.79 Å². The number of rotatable bonds is 1. The molecule has 1 aromatic carbocycles. The highest BCUT2D eigenvalue weighted by molar-refractivity contribution is 7.22. The van der Waals surface area contributed by atoms with Crippen LogP contribution in [0.4, 0.5) is 5.13 Å². The third-order valence-electron chi connectivity index (χ3n) is 2.29. The molecule has 78 valence electrons. The second-order valence-electron chi connectivity index (χ2n) is 3.60. The van der Waals surface area contributed by atoms with Crippen molar-refractivity contribution in [1.29, 1.82) is 0 Å². The molecule has 0 fully saturated rings. The summed E-state index contributed by atoms with van der Waals surface area (Å²) < 4.78 is 1.11. The molecule has 3 nitrogen and oxygen atoms in total. The molecule has 0 unspecified atom stereocenters. The SMILES string of the molecule is CC(=O)Nc1nc2cc(C)c(C)cc2s1. The maximum absolute atomic E-state index is 10.9. The molecular formula is C11H12N2OS. The molecule has 2 rings (SSSR count). The molecule has 1 amide bonds. The highest BCUT2D eigenvalue weighted by atomic mass is 32.1. The van der Waals surface area contributed by atoms with Crippen LogP contribution < -0.4 is 5.32 Å². The number of aromatic nitrogens is 1. The quantitative estimate of drug-likeness (QED) is 0.803. The number of fused-ring (bicyclic) bond motifs is 1. The van der Waals surface area contributed by atoms with Crippen LogP contribution in [0.2, 0.25) is 0 Å². The van der Waals surface area contributed by atoms with Gasteiger partial charge in [0, 0.05) is 6.92 Å². The second-order valence-corrected chi connectivity index (χ2v) is 4.64. The zero-order chi connectivity index (χ0) is 11.0. The van der Waals surface area contributed by atoms with Gasteiger partial charge in [0.25, 0.3) is 0 Å². The van der Waals surface area contributed by atoms with Crippen molar-refractivity contribution in [2.75, 3.05) is 5.32 Å². The summed E-state index contributed by atoms with van der Waals surface area (Å²) >= 11 is 1.51. The van der Waals surface area contributed by atoms with Crippen LogP contribution >= 0.6 is 11.3 Å². The van der Waals surface area contributed by atoms with Crippen molar-refractivity contribution in [3.05, 3.63) is 23.3 Å². The van der Waals surface area contributed by atoms with E-state index in [1.54, 1.807) is 0 Å². The summed E-state index contributed by atoms with van der Waals surface area (Å²) in [6.07, 6.45) is 0. The number of amides is 1. The zero-order valence-corrected chi connectivity index (χ0v) is 9.73. The number of anilines is 1. The Morgan fingerprint density at radius 1 is 1.33 bits per heavy atom. The van der Waals surface area contributed by atoms with E-state index in [4.69, 9.17) is 0 Å². The number of thiazole rings is 1. The van der Waals surface area contributed by atoms with Crippen molar-refractivity contribution in [1.82, 2.24) is 4.98 Å². The van der Waals surface area contributed by atoms with Gasteiger partial charge in [0.15, 0.2) is 5.13 Å². The van der Waals surface area contributed by atoms with Gasteiger partial charge < -0.3 is 5.32 Å². The summed E-state index contributed by atoms with van der Waals surface area (Å²) in [5, 5.41) is 3.37. The van der Waals surface area contributed by atoms with Crippen LogP contribution in [0.15, 0.2) is 12.1 Å². The number of hydrogen-bond donors (Lipinski definition) is 1. The van der Waals surface area contributed by atoms with Gasteiger partial charge in [-0.15, -0.1) is 0 Å². The molecule has 0 aliphatic heterocycles. The van der Waals surface area contributed by atoms with E-state index in [1.807, 2.05) is 6.07 Å². The lowest BCUT2D eigenvalue weighted by Crippen LogP contribution is -2.04. The molecule has 1 heterocycles. The summed E-state index contributed by atoms with van der Waals surface area (Å²) in [6.45, 7) is 5.63. The summed E-state index contributed by atoms with van der Waals surface area (Å²) in [7, 11) is 0. The predicted octanol–water partition coefficient (Wildman–Crippen LogP) is 2.87. The van der Waals surface area contributed by atoms with Crippen LogP contribution in [0.5, 0.6) is 0 Å². The molecular weight excluding hydrogens is 208 g/mol. The first-order chi connectivity index (χ1) is 7.06. The number of aryl methyl sites for hydroxylation is 2. The van der Waals surface area contributed by atoms with Crippen LogP contribution in [0, 0.1) is 13.8 Å². The molecule has 0 bridgehead atoms. The number of hydrogen-bond acceptors (Lipinski definition) is 3. The summed E-state index contributed by atoms with van der Waals surface area (Å²) in [5.41, 5.74) is 3.43. The van der Waals surface area contributed by atoms with E-state index >= 15 is 0 Å². The summed E-state index contributed by atoms with van der Waals surface area (Å²) in [6, 6.07) is 4.15. The Morgan fingerprint density at radius 3 is 2.67 bits per heavy atom. The van der Waals surface area contributed by atoms with Gasteiger partial charge in [0.05, 0.1) is 10.2 Å². The fraction of sp³-hybridized carbons (Fsp3) is 0.273. The van der Waals surface area contributed by atoms with Crippen molar-refractivity contribution in [3.63, 3.8) is 0 Å². The number of carbonyl (C=O) groups excluding carboxylic acids is 1. The van der Waals surface area contributed by atoms with E-state index in [2.05, 4.69) is 30.2 Å². The first-order valence-corrected chi connectivity index (χ1v) is 5.53. The standard InChI is InChI=1S/C11H12N2OS/c1-6-4-9-10(5-7(6)2)15-11(13-9)12-8(3)14/h4-5H,1-3H3,(H,12,13,14). The Kier molecular flexibility index (Phi) is 2.44. The summed E-state index contributed by atoms with van der Waals surface area (Å²) in [5.74, 6) is -0.0810. The van der Waals surface area contributed by atoms with Gasteiger partial charge >= 0.3 is 0 Å². The molecule has 2 aromatic rings. The van der Waals surface area contributed by atoms with Gasteiger partial charge in [-0.1, -0.05) is 11.3 Å². The highest BCUT2D eigenvalue weighted by Gasteiger charge is 2.06. The lowest BCUT2D eigenvalue weighted by Gasteiger charge is -1.96. The number of nitrogens with one attached hydrogen (secondary N) is 1. The second kappa shape index (κ2) is 3.62. The van der Waals surface area contributed by atoms with E-state index in [1.165, 1.54) is 29.4 Å². The van der Waals surface area contributed by atoms with Gasteiger partial charge in [-0.2, -0.15) is 0 Å². The normalized spacial score (nSPS) is 10.6. The zero-order valence-electron chi connectivity index (χ0n) is 8.92. The van der Waals surface area contributed by atoms with Gasteiger partial charge in [-0.05, 0) is 37.1 Å². The van der Waals surface area contributed by atoms with Crippen molar-refractivity contribution >= 4 is 32.6 Å². The molecule has 1 N–H and O–H groups in total. The Bertz CT molecular complexity index is 492. The Balaban J connectivity index is 2.51. The molecule has 0 aliphatic carbocycles. The van der Waals surface area contributed by atoms with Crippen LogP contribution in [0.1, 0.15) is 18.1 Å². The van der Waals surface area contributed by atoms with Crippen LogP contribution in [0.25, 0.3) is 10.2 Å².